The van der Waals surface area contributed by atoms with E-state index in [2.05, 4.69) is 0 Å². The summed E-state index contributed by atoms with van der Waals surface area (Å²) in [5.74, 6) is -1.42. The molecule has 2 amide bonds. The SMILES string of the molecule is CC1C(=O)N2CCCC2C(=O)N1Cc1cc(F)ccc1F. The molecule has 2 fully saturated rings. The summed E-state index contributed by atoms with van der Waals surface area (Å²) < 4.78 is 27.0. The van der Waals surface area contributed by atoms with Gasteiger partial charge in [-0.2, -0.15) is 0 Å². The van der Waals surface area contributed by atoms with E-state index >= 15 is 0 Å². The minimum atomic E-state index is -0.644. The quantitative estimate of drug-likeness (QED) is 0.833. The van der Waals surface area contributed by atoms with Gasteiger partial charge in [0.25, 0.3) is 0 Å². The minimum absolute atomic E-state index is 0.0837. The lowest BCUT2D eigenvalue weighted by Gasteiger charge is -2.41. The van der Waals surface area contributed by atoms with Gasteiger partial charge in [0.15, 0.2) is 0 Å². The molecule has 112 valence electrons. The zero-order chi connectivity index (χ0) is 15.1. The van der Waals surface area contributed by atoms with Crippen molar-refractivity contribution in [3.05, 3.63) is 35.4 Å². The molecule has 3 rings (SSSR count). The van der Waals surface area contributed by atoms with E-state index in [-0.39, 0.29) is 23.9 Å². The standard InChI is InChI=1S/C15H16F2N2O2/c1-9-14(20)18-6-2-3-13(18)15(21)19(9)8-10-7-11(16)4-5-12(10)17/h4-5,7,9,13H,2-3,6,8H2,1H3. The van der Waals surface area contributed by atoms with Crippen LogP contribution in [0.5, 0.6) is 0 Å². The highest BCUT2D eigenvalue weighted by molar-refractivity contribution is 5.97. The van der Waals surface area contributed by atoms with Gasteiger partial charge in [-0.05, 0) is 38.0 Å². The molecule has 1 aromatic rings. The Kier molecular flexibility index (Phi) is 3.39. The first-order chi connectivity index (χ1) is 9.99. The molecule has 1 aromatic carbocycles. The highest BCUT2D eigenvalue weighted by atomic mass is 19.1. The molecule has 0 bridgehead atoms. The molecule has 0 aromatic heterocycles. The molecule has 2 saturated heterocycles. The van der Waals surface area contributed by atoms with Crippen molar-refractivity contribution in [2.75, 3.05) is 6.54 Å². The van der Waals surface area contributed by atoms with Crippen LogP contribution in [0, 0.1) is 11.6 Å². The van der Waals surface area contributed by atoms with Crippen LogP contribution in [-0.2, 0) is 16.1 Å². The Morgan fingerprint density at radius 3 is 2.76 bits per heavy atom. The largest absolute Gasteiger partial charge is 0.329 e. The van der Waals surface area contributed by atoms with Crippen molar-refractivity contribution in [2.45, 2.75) is 38.4 Å². The first kappa shape index (κ1) is 14.0. The van der Waals surface area contributed by atoms with Crippen molar-refractivity contribution in [2.24, 2.45) is 0 Å². The molecule has 6 heteroatoms. The molecular weight excluding hydrogens is 278 g/mol. The van der Waals surface area contributed by atoms with Crippen molar-refractivity contribution in [1.82, 2.24) is 9.80 Å². The maximum Gasteiger partial charge on any atom is 0.246 e. The molecule has 2 unspecified atom stereocenters. The van der Waals surface area contributed by atoms with Crippen molar-refractivity contribution in [1.29, 1.82) is 0 Å². The normalized spacial score (nSPS) is 25.5. The summed E-state index contributed by atoms with van der Waals surface area (Å²) in [7, 11) is 0. The van der Waals surface area contributed by atoms with Crippen molar-refractivity contribution in [3.63, 3.8) is 0 Å². The number of carbonyl (C=O) groups excluding carboxylic acids is 2. The number of piperazine rings is 1. The van der Waals surface area contributed by atoms with E-state index in [0.29, 0.717) is 13.0 Å². The van der Waals surface area contributed by atoms with Crippen LogP contribution in [0.1, 0.15) is 25.3 Å². The van der Waals surface area contributed by atoms with Gasteiger partial charge < -0.3 is 9.80 Å². The molecular formula is C15H16F2N2O2. The third kappa shape index (κ3) is 2.28. The van der Waals surface area contributed by atoms with Gasteiger partial charge in [0.05, 0.1) is 0 Å². The second kappa shape index (κ2) is 5.09. The van der Waals surface area contributed by atoms with Gasteiger partial charge in [0.2, 0.25) is 11.8 Å². The molecule has 21 heavy (non-hydrogen) atoms. The van der Waals surface area contributed by atoms with Crippen LogP contribution in [0.2, 0.25) is 0 Å². The average Bonchev–Trinajstić information content (AvgIpc) is 2.94. The molecule has 2 aliphatic heterocycles. The summed E-state index contributed by atoms with van der Waals surface area (Å²) in [5, 5.41) is 0. The summed E-state index contributed by atoms with van der Waals surface area (Å²) in [6.45, 7) is 2.15. The lowest BCUT2D eigenvalue weighted by atomic mass is 10.0. The number of hydrogen-bond acceptors (Lipinski definition) is 2. The summed E-state index contributed by atoms with van der Waals surface area (Å²) >= 11 is 0. The van der Waals surface area contributed by atoms with E-state index in [4.69, 9.17) is 0 Å². The summed E-state index contributed by atoms with van der Waals surface area (Å²) in [4.78, 5) is 27.7. The Labute approximate surface area is 121 Å². The summed E-state index contributed by atoms with van der Waals surface area (Å²) in [5.41, 5.74) is 0.0921. The number of amides is 2. The fourth-order valence-corrected chi connectivity index (χ4v) is 3.11. The average molecular weight is 294 g/mol. The fraction of sp³-hybridized carbons (Fsp3) is 0.467. The number of carbonyl (C=O) groups is 2. The molecule has 2 heterocycles. The van der Waals surface area contributed by atoms with E-state index in [1.165, 1.54) is 4.90 Å². The second-order valence-electron chi connectivity index (χ2n) is 5.57. The van der Waals surface area contributed by atoms with E-state index in [9.17, 15) is 18.4 Å². The maximum absolute atomic E-state index is 13.7. The first-order valence-electron chi connectivity index (χ1n) is 7.04. The molecule has 0 N–H and O–H groups in total. The second-order valence-corrected chi connectivity index (χ2v) is 5.57. The number of benzene rings is 1. The zero-order valence-corrected chi connectivity index (χ0v) is 11.7. The monoisotopic (exact) mass is 294 g/mol. The number of fused-ring (bicyclic) bond motifs is 1. The molecule has 2 atom stereocenters. The Morgan fingerprint density at radius 1 is 1.24 bits per heavy atom. The van der Waals surface area contributed by atoms with Crippen LogP contribution in [0.15, 0.2) is 18.2 Å². The third-order valence-corrected chi connectivity index (χ3v) is 4.28. The van der Waals surface area contributed by atoms with Crippen LogP contribution in [0.3, 0.4) is 0 Å². The molecule has 2 aliphatic rings. The van der Waals surface area contributed by atoms with Gasteiger partial charge in [-0.3, -0.25) is 9.59 Å². The first-order valence-corrected chi connectivity index (χ1v) is 7.04. The number of halogens is 2. The minimum Gasteiger partial charge on any atom is -0.329 e. The predicted molar refractivity (Wildman–Crippen MR) is 71.1 cm³/mol. The fourth-order valence-electron chi connectivity index (χ4n) is 3.11. The molecule has 0 spiro atoms. The highest BCUT2D eigenvalue weighted by Gasteiger charge is 2.45. The van der Waals surface area contributed by atoms with Crippen molar-refractivity contribution < 1.29 is 18.4 Å². The van der Waals surface area contributed by atoms with E-state index in [1.54, 1.807) is 11.8 Å². The van der Waals surface area contributed by atoms with Crippen LogP contribution >= 0.6 is 0 Å². The Balaban J connectivity index is 1.88. The number of rotatable bonds is 2. The molecule has 0 radical (unpaired) electrons. The summed E-state index contributed by atoms with van der Waals surface area (Å²) in [6.07, 6.45) is 1.44. The zero-order valence-electron chi connectivity index (χ0n) is 11.7. The van der Waals surface area contributed by atoms with E-state index < -0.39 is 23.7 Å². The Morgan fingerprint density at radius 2 is 2.00 bits per heavy atom. The number of hydrogen-bond donors (Lipinski definition) is 0. The smallest absolute Gasteiger partial charge is 0.246 e. The molecule has 0 saturated carbocycles. The van der Waals surface area contributed by atoms with E-state index in [1.807, 2.05) is 0 Å². The Bertz CT molecular complexity index is 605. The molecule has 4 nitrogen and oxygen atoms in total. The molecule has 0 aliphatic carbocycles. The van der Waals surface area contributed by atoms with Crippen LogP contribution in [0.25, 0.3) is 0 Å². The summed E-state index contributed by atoms with van der Waals surface area (Å²) in [6, 6.07) is 2.05. The van der Waals surface area contributed by atoms with Gasteiger partial charge in [-0.25, -0.2) is 8.78 Å². The highest BCUT2D eigenvalue weighted by Crippen LogP contribution is 2.28. The van der Waals surface area contributed by atoms with Crippen LogP contribution in [-0.4, -0.2) is 40.2 Å². The van der Waals surface area contributed by atoms with Crippen molar-refractivity contribution >= 4 is 11.8 Å². The van der Waals surface area contributed by atoms with Crippen LogP contribution < -0.4 is 0 Å². The maximum atomic E-state index is 13.7. The van der Waals surface area contributed by atoms with Gasteiger partial charge in [0, 0.05) is 18.7 Å². The lowest BCUT2D eigenvalue weighted by Crippen LogP contribution is -2.61. The predicted octanol–water partition coefficient (Wildman–Crippen LogP) is 1.69. The van der Waals surface area contributed by atoms with Crippen molar-refractivity contribution in [3.8, 4) is 0 Å². The van der Waals surface area contributed by atoms with Gasteiger partial charge in [0.1, 0.15) is 23.7 Å². The van der Waals surface area contributed by atoms with Gasteiger partial charge in [-0.15, -0.1) is 0 Å². The van der Waals surface area contributed by atoms with Gasteiger partial charge in [-0.1, -0.05) is 0 Å². The third-order valence-electron chi connectivity index (χ3n) is 4.28. The van der Waals surface area contributed by atoms with Gasteiger partial charge >= 0.3 is 0 Å². The van der Waals surface area contributed by atoms with Crippen LogP contribution in [0.4, 0.5) is 8.78 Å². The topological polar surface area (TPSA) is 40.6 Å². The Hall–Kier alpha value is -1.98. The number of nitrogens with zero attached hydrogens (tertiary/aromatic N) is 2. The lowest BCUT2D eigenvalue weighted by molar-refractivity contribution is -0.159. The van der Waals surface area contributed by atoms with E-state index in [0.717, 1.165) is 24.6 Å².